The molecular weight excluding hydrogens is 200 g/mol. The first-order valence-corrected chi connectivity index (χ1v) is 5.78. The first-order chi connectivity index (χ1) is 6.49. The van der Waals surface area contributed by atoms with Gasteiger partial charge in [0, 0.05) is 6.54 Å². The molecule has 82 valence electrons. The van der Waals surface area contributed by atoms with Gasteiger partial charge >= 0.3 is 5.97 Å². The molecule has 2 atom stereocenters. The van der Waals surface area contributed by atoms with Gasteiger partial charge in [-0.15, -0.1) is 11.8 Å². The Labute approximate surface area is 88.8 Å². The summed E-state index contributed by atoms with van der Waals surface area (Å²) in [6.45, 7) is 2.65. The van der Waals surface area contributed by atoms with E-state index in [4.69, 9.17) is 10.8 Å². The van der Waals surface area contributed by atoms with Crippen LogP contribution >= 0.6 is 11.8 Å². The lowest BCUT2D eigenvalue weighted by Gasteiger charge is -2.30. The molecule has 2 unspecified atom stereocenters. The quantitative estimate of drug-likeness (QED) is 0.734. The van der Waals surface area contributed by atoms with Crippen molar-refractivity contribution in [1.29, 1.82) is 0 Å². The van der Waals surface area contributed by atoms with E-state index in [1.165, 1.54) is 11.8 Å². The molecule has 4 nitrogen and oxygen atoms in total. The van der Waals surface area contributed by atoms with Crippen LogP contribution in [0.5, 0.6) is 0 Å². The molecule has 1 fully saturated rings. The molecule has 0 amide bonds. The monoisotopic (exact) mass is 218 g/mol. The number of thioether (sulfide) groups is 1. The van der Waals surface area contributed by atoms with Crippen molar-refractivity contribution in [2.75, 3.05) is 13.6 Å². The summed E-state index contributed by atoms with van der Waals surface area (Å²) in [6, 6.07) is 0. The molecule has 0 bridgehead atoms. The van der Waals surface area contributed by atoms with Crippen LogP contribution in [0.15, 0.2) is 0 Å². The second-order valence-corrected chi connectivity index (χ2v) is 5.29. The Morgan fingerprint density at radius 3 is 2.86 bits per heavy atom. The van der Waals surface area contributed by atoms with Gasteiger partial charge in [0.1, 0.15) is 10.2 Å². The number of nitrogens with two attached hydrogens (primary N) is 1. The number of carboxylic acids is 1. The van der Waals surface area contributed by atoms with Crippen LogP contribution in [-0.2, 0) is 4.79 Å². The van der Waals surface area contributed by atoms with Crippen molar-refractivity contribution < 1.29 is 9.90 Å². The minimum absolute atomic E-state index is 0.373. The Balaban J connectivity index is 2.57. The van der Waals surface area contributed by atoms with Crippen LogP contribution in [0.25, 0.3) is 0 Å². The zero-order chi connectivity index (χ0) is 10.8. The lowest BCUT2D eigenvalue weighted by Crippen LogP contribution is -2.47. The fraction of sp³-hybridized carbons (Fsp3) is 0.889. The molecule has 3 N–H and O–H groups in total. The minimum atomic E-state index is -0.759. The molecular formula is C9H18N2O2S. The summed E-state index contributed by atoms with van der Waals surface area (Å²) in [6.07, 6.45) is 2.99. The van der Waals surface area contributed by atoms with Crippen LogP contribution in [-0.4, -0.2) is 39.8 Å². The minimum Gasteiger partial charge on any atom is -0.480 e. The van der Waals surface area contributed by atoms with E-state index in [1.807, 2.05) is 11.9 Å². The van der Waals surface area contributed by atoms with Gasteiger partial charge in [0.25, 0.3) is 0 Å². The molecule has 0 aliphatic carbocycles. The molecule has 5 heteroatoms. The molecule has 0 spiro atoms. The summed E-state index contributed by atoms with van der Waals surface area (Å²) in [5.41, 5.74) is 6.14. The average Bonchev–Trinajstić information content (AvgIpc) is 2.41. The van der Waals surface area contributed by atoms with Gasteiger partial charge in [0.05, 0.1) is 0 Å². The highest BCUT2D eigenvalue weighted by molar-refractivity contribution is 8.02. The van der Waals surface area contributed by atoms with Crippen molar-refractivity contribution in [3.8, 4) is 0 Å². The van der Waals surface area contributed by atoms with Gasteiger partial charge in [0.2, 0.25) is 0 Å². The smallest absolute Gasteiger partial charge is 0.318 e. The Morgan fingerprint density at radius 2 is 2.43 bits per heavy atom. The molecule has 14 heavy (non-hydrogen) atoms. The number of hydrogen-bond acceptors (Lipinski definition) is 4. The zero-order valence-electron chi connectivity index (χ0n) is 8.69. The predicted octanol–water partition coefficient (Wildman–Crippen LogP) is 0.921. The largest absolute Gasteiger partial charge is 0.480 e. The number of rotatable bonds is 4. The Bertz CT molecular complexity index is 225. The molecule has 1 heterocycles. The highest BCUT2D eigenvalue weighted by Gasteiger charge is 2.43. The zero-order valence-corrected chi connectivity index (χ0v) is 9.51. The molecule has 0 aromatic rings. The van der Waals surface area contributed by atoms with Crippen molar-refractivity contribution in [2.24, 2.45) is 5.73 Å². The average molecular weight is 218 g/mol. The van der Waals surface area contributed by atoms with Crippen LogP contribution in [0.4, 0.5) is 0 Å². The van der Waals surface area contributed by atoms with Crippen molar-refractivity contribution in [3.63, 3.8) is 0 Å². The maximum absolute atomic E-state index is 10.8. The molecule has 0 aromatic carbocycles. The Morgan fingerprint density at radius 1 is 1.79 bits per heavy atom. The normalized spacial score (nSPS) is 33.5. The predicted molar refractivity (Wildman–Crippen MR) is 58.1 cm³/mol. The van der Waals surface area contributed by atoms with Crippen molar-refractivity contribution >= 4 is 17.7 Å². The molecule has 1 rings (SSSR count). The first kappa shape index (κ1) is 11.8. The van der Waals surface area contributed by atoms with Crippen LogP contribution in [0, 0.1) is 0 Å². The molecule has 1 saturated heterocycles. The topological polar surface area (TPSA) is 66.6 Å². The second-order valence-electron chi connectivity index (χ2n) is 3.77. The number of nitrogens with zero attached hydrogens (tertiary/aromatic N) is 1. The molecule has 0 saturated carbocycles. The Kier molecular flexibility index (Phi) is 3.80. The maximum Gasteiger partial charge on any atom is 0.318 e. The van der Waals surface area contributed by atoms with Crippen LogP contribution in [0.1, 0.15) is 26.2 Å². The number of carbonyl (C=O) groups is 1. The standard InChI is InChI=1S/C9H18N2O2S/c1-3-4-5-9(10)11(2)6-7(14-9)8(12)13/h7H,3-6,10H2,1-2H3,(H,12,13). The van der Waals surface area contributed by atoms with Gasteiger partial charge < -0.3 is 10.8 Å². The summed E-state index contributed by atoms with van der Waals surface area (Å²) < 4.78 is 0. The summed E-state index contributed by atoms with van der Waals surface area (Å²) in [7, 11) is 1.89. The summed E-state index contributed by atoms with van der Waals surface area (Å²) >= 11 is 1.37. The third-order valence-corrected chi connectivity index (χ3v) is 4.16. The van der Waals surface area contributed by atoms with E-state index in [9.17, 15) is 4.79 Å². The van der Waals surface area contributed by atoms with Gasteiger partial charge in [-0.2, -0.15) is 0 Å². The van der Waals surface area contributed by atoms with Gasteiger partial charge in [-0.05, 0) is 19.9 Å². The van der Waals surface area contributed by atoms with E-state index in [2.05, 4.69) is 6.92 Å². The van der Waals surface area contributed by atoms with Crippen molar-refractivity contribution in [2.45, 2.75) is 36.4 Å². The van der Waals surface area contributed by atoms with Gasteiger partial charge in [-0.25, -0.2) is 0 Å². The SMILES string of the molecule is CCCCC1(N)SC(C(=O)O)CN1C. The van der Waals surface area contributed by atoms with E-state index in [0.717, 1.165) is 19.3 Å². The summed E-state index contributed by atoms with van der Waals surface area (Å²) in [4.78, 5) is 12.3. The van der Waals surface area contributed by atoms with E-state index in [0.29, 0.717) is 6.54 Å². The van der Waals surface area contributed by atoms with Crippen molar-refractivity contribution in [3.05, 3.63) is 0 Å². The fourth-order valence-corrected chi connectivity index (χ4v) is 2.99. The van der Waals surface area contributed by atoms with Crippen LogP contribution in [0.3, 0.4) is 0 Å². The van der Waals surface area contributed by atoms with E-state index in [-0.39, 0.29) is 5.25 Å². The molecule has 0 radical (unpaired) electrons. The molecule has 0 aromatic heterocycles. The lowest BCUT2D eigenvalue weighted by molar-refractivity contribution is -0.136. The van der Waals surface area contributed by atoms with Gasteiger partial charge in [-0.1, -0.05) is 13.3 Å². The number of unbranched alkanes of at least 4 members (excludes halogenated alkanes) is 1. The lowest BCUT2D eigenvalue weighted by atomic mass is 10.2. The third kappa shape index (κ3) is 2.40. The van der Waals surface area contributed by atoms with Gasteiger partial charge in [-0.3, -0.25) is 9.69 Å². The summed E-state index contributed by atoms with van der Waals surface area (Å²) in [5.74, 6) is -0.759. The third-order valence-electron chi connectivity index (χ3n) is 2.60. The van der Waals surface area contributed by atoms with Crippen LogP contribution in [0.2, 0.25) is 0 Å². The summed E-state index contributed by atoms with van der Waals surface area (Å²) in [5, 5.41) is 8.51. The maximum atomic E-state index is 10.8. The van der Waals surface area contributed by atoms with E-state index in [1.54, 1.807) is 0 Å². The molecule has 1 aliphatic rings. The van der Waals surface area contributed by atoms with E-state index < -0.39 is 11.0 Å². The second kappa shape index (κ2) is 4.51. The fourth-order valence-electron chi connectivity index (χ4n) is 1.59. The Hall–Kier alpha value is -0.260. The van der Waals surface area contributed by atoms with E-state index >= 15 is 0 Å². The number of aliphatic carboxylic acids is 1. The first-order valence-electron chi connectivity index (χ1n) is 4.90. The van der Waals surface area contributed by atoms with Crippen molar-refractivity contribution in [1.82, 2.24) is 4.90 Å². The van der Waals surface area contributed by atoms with Gasteiger partial charge in [0.15, 0.2) is 0 Å². The number of carboxylic acid groups (broad SMARTS) is 1. The van der Waals surface area contributed by atoms with Crippen LogP contribution < -0.4 is 5.73 Å². The highest BCUT2D eigenvalue weighted by atomic mass is 32.2. The highest BCUT2D eigenvalue weighted by Crippen LogP contribution is 2.38. The molecule has 1 aliphatic heterocycles. The number of hydrogen-bond donors (Lipinski definition) is 2.